The number of ether oxygens (including phenoxy) is 1. The van der Waals surface area contributed by atoms with Crippen molar-refractivity contribution in [1.82, 2.24) is 19.7 Å². The van der Waals surface area contributed by atoms with Crippen LogP contribution in [0.1, 0.15) is 43.7 Å². The van der Waals surface area contributed by atoms with E-state index in [1.165, 1.54) is 5.56 Å². The molecule has 6 heteroatoms. The van der Waals surface area contributed by atoms with E-state index in [1.807, 2.05) is 21.7 Å². The molecule has 1 fully saturated rings. The molecule has 1 atom stereocenters. The number of hydrogen-bond donors (Lipinski definition) is 0. The van der Waals surface area contributed by atoms with Gasteiger partial charge in [0.1, 0.15) is 18.4 Å². The van der Waals surface area contributed by atoms with E-state index in [1.54, 1.807) is 19.8 Å². The van der Waals surface area contributed by atoms with Crippen LogP contribution in [0.3, 0.4) is 0 Å². The molecule has 0 unspecified atom stereocenters. The number of carbonyl (C=O) groups is 1. The predicted octanol–water partition coefficient (Wildman–Crippen LogP) is 2.86. The standard InChI is InChI=1S/C19H26N4O2/c1-25-18-10-8-16(9-11-18)5-2-3-7-19(24)22-12-4-6-17(13-22)23-15-20-14-21-23/h8-11,14-15,17H,2-7,12-13H2,1H3/t17-/m0/s1. The first-order valence-electron chi connectivity index (χ1n) is 9.01. The van der Waals surface area contributed by atoms with Gasteiger partial charge in [-0.25, -0.2) is 9.67 Å². The Morgan fingerprint density at radius 1 is 1.28 bits per heavy atom. The summed E-state index contributed by atoms with van der Waals surface area (Å²) in [6.45, 7) is 1.61. The molecule has 1 aromatic carbocycles. The van der Waals surface area contributed by atoms with E-state index in [2.05, 4.69) is 22.2 Å². The monoisotopic (exact) mass is 342 g/mol. The zero-order valence-corrected chi connectivity index (χ0v) is 14.8. The van der Waals surface area contributed by atoms with Gasteiger partial charge >= 0.3 is 0 Å². The van der Waals surface area contributed by atoms with Crippen LogP contribution in [0.2, 0.25) is 0 Å². The summed E-state index contributed by atoms with van der Waals surface area (Å²) in [6, 6.07) is 8.42. The van der Waals surface area contributed by atoms with Crippen LogP contribution in [-0.4, -0.2) is 45.8 Å². The molecule has 0 aliphatic carbocycles. The SMILES string of the molecule is COc1ccc(CCCCC(=O)N2CCC[C@H](n3cncn3)C2)cc1. The maximum atomic E-state index is 12.5. The summed E-state index contributed by atoms with van der Waals surface area (Å²) in [5.41, 5.74) is 1.29. The first-order chi connectivity index (χ1) is 12.3. The minimum absolute atomic E-state index is 0.263. The Balaban J connectivity index is 1.39. The normalized spacial score (nSPS) is 17.5. The van der Waals surface area contributed by atoms with E-state index in [4.69, 9.17) is 4.74 Å². The molecule has 1 amide bonds. The van der Waals surface area contributed by atoms with E-state index >= 15 is 0 Å². The fraction of sp³-hybridized carbons (Fsp3) is 0.526. The third kappa shape index (κ3) is 4.81. The Kier molecular flexibility index (Phi) is 6.04. The smallest absolute Gasteiger partial charge is 0.222 e. The maximum Gasteiger partial charge on any atom is 0.222 e. The van der Waals surface area contributed by atoms with Crippen molar-refractivity contribution >= 4 is 5.91 Å². The second-order valence-corrected chi connectivity index (χ2v) is 6.57. The molecule has 2 heterocycles. The fourth-order valence-electron chi connectivity index (χ4n) is 3.36. The molecule has 3 rings (SSSR count). The van der Waals surface area contributed by atoms with Crippen LogP contribution >= 0.6 is 0 Å². The number of hydrogen-bond acceptors (Lipinski definition) is 4. The second kappa shape index (κ2) is 8.65. The highest BCUT2D eigenvalue weighted by Gasteiger charge is 2.24. The predicted molar refractivity (Wildman–Crippen MR) is 95.4 cm³/mol. The minimum atomic E-state index is 0.263. The number of nitrogens with zero attached hydrogens (tertiary/aromatic N) is 4. The molecule has 134 valence electrons. The average Bonchev–Trinajstić information content (AvgIpc) is 3.20. The van der Waals surface area contributed by atoms with Gasteiger partial charge in [-0.1, -0.05) is 12.1 Å². The highest BCUT2D eigenvalue weighted by Crippen LogP contribution is 2.21. The van der Waals surface area contributed by atoms with Crippen molar-refractivity contribution in [3.05, 3.63) is 42.5 Å². The first-order valence-corrected chi connectivity index (χ1v) is 9.01. The number of unbranched alkanes of at least 4 members (excludes halogenated alkanes) is 1. The summed E-state index contributed by atoms with van der Waals surface area (Å²) in [7, 11) is 1.68. The Morgan fingerprint density at radius 3 is 2.84 bits per heavy atom. The van der Waals surface area contributed by atoms with E-state index in [-0.39, 0.29) is 11.9 Å². The molecule has 0 bridgehead atoms. The van der Waals surface area contributed by atoms with Crippen molar-refractivity contribution < 1.29 is 9.53 Å². The number of methoxy groups -OCH3 is 1. The Labute approximate surface area is 148 Å². The minimum Gasteiger partial charge on any atom is -0.497 e. The fourth-order valence-corrected chi connectivity index (χ4v) is 3.36. The molecule has 25 heavy (non-hydrogen) atoms. The number of amides is 1. The van der Waals surface area contributed by atoms with Crippen molar-refractivity contribution in [2.75, 3.05) is 20.2 Å². The van der Waals surface area contributed by atoms with Gasteiger partial charge in [0.25, 0.3) is 0 Å². The number of rotatable bonds is 7. The number of piperidine rings is 1. The average molecular weight is 342 g/mol. The van der Waals surface area contributed by atoms with Gasteiger partial charge < -0.3 is 9.64 Å². The molecule has 0 spiro atoms. The van der Waals surface area contributed by atoms with Gasteiger partial charge in [-0.15, -0.1) is 0 Å². The van der Waals surface area contributed by atoms with Crippen molar-refractivity contribution in [2.45, 2.75) is 44.6 Å². The lowest BCUT2D eigenvalue weighted by molar-refractivity contribution is -0.133. The Morgan fingerprint density at radius 2 is 2.12 bits per heavy atom. The van der Waals surface area contributed by atoms with Gasteiger partial charge in [-0.3, -0.25) is 4.79 Å². The van der Waals surface area contributed by atoms with E-state index in [9.17, 15) is 4.79 Å². The summed E-state index contributed by atoms with van der Waals surface area (Å²) in [4.78, 5) is 18.5. The summed E-state index contributed by atoms with van der Waals surface area (Å²) in [6.07, 6.45) is 8.97. The quantitative estimate of drug-likeness (QED) is 0.726. The topological polar surface area (TPSA) is 60.2 Å². The first kappa shape index (κ1) is 17.5. The molecule has 2 aromatic rings. The molecular formula is C19H26N4O2. The number of benzene rings is 1. The Hall–Kier alpha value is -2.37. The number of aromatic nitrogens is 3. The van der Waals surface area contributed by atoms with E-state index < -0.39 is 0 Å². The highest BCUT2D eigenvalue weighted by atomic mass is 16.5. The lowest BCUT2D eigenvalue weighted by Crippen LogP contribution is -2.40. The van der Waals surface area contributed by atoms with Crippen molar-refractivity contribution in [1.29, 1.82) is 0 Å². The molecule has 1 aromatic heterocycles. The van der Waals surface area contributed by atoms with Crippen molar-refractivity contribution in [3.63, 3.8) is 0 Å². The second-order valence-electron chi connectivity index (χ2n) is 6.57. The zero-order chi connectivity index (χ0) is 17.5. The van der Waals surface area contributed by atoms with Crippen molar-refractivity contribution in [2.24, 2.45) is 0 Å². The van der Waals surface area contributed by atoms with Gasteiger partial charge in [0.2, 0.25) is 5.91 Å². The molecule has 1 aliphatic heterocycles. The van der Waals surface area contributed by atoms with Crippen LogP contribution < -0.4 is 4.74 Å². The van der Waals surface area contributed by atoms with Crippen LogP contribution in [0.5, 0.6) is 5.75 Å². The third-order valence-corrected chi connectivity index (χ3v) is 4.83. The lowest BCUT2D eigenvalue weighted by atomic mass is 10.0. The van der Waals surface area contributed by atoms with Gasteiger partial charge in [-0.05, 0) is 49.8 Å². The molecule has 0 saturated carbocycles. The maximum absolute atomic E-state index is 12.5. The number of aryl methyl sites for hydroxylation is 1. The van der Waals surface area contributed by atoms with Gasteiger partial charge in [0.05, 0.1) is 13.2 Å². The number of carbonyl (C=O) groups excluding carboxylic acids is 1. The molecular weight excluding hydrogens is 316 g/mol. The molecule has 0 radical (unpaired) electrons. The largest absolute Gasteiger partial charge is 0.497 e. The third-order valence-electron chi connectivity index (χ3n) is 4.83. The van der Waals surface area contributed by atoms with Crippen LogP contribution in [-0.2, 0) is 11.2 Å². The van der Waals surface area contributed by atoms with E-state index in [0.717, 1.165) is 50.9 Å². The highest BCUT2D eigenvalue weighted by molar-refractivity contribution is 5.76. The summed E-state index contributed by atoms with van der Waals surface area (Å²) in [5.74, 6) is 1.14. The lowest BCUT2D eigenvalue weighted by Gasteiger charge is -2.32. The number of likely N-dealkylation sites (tertiary alicyclic amines) is 1. The van der Waals surface area contributed by atoms with Crippen LogP contribution in [0.15, 0.2) is 36.9 Å². The van der Waals surface area contributed by atoms with Gasteiger partial charge in [0, 0.05) is 19.5 Å². The summed E-state index contributed by atoms with van der Waals surface area (Å²) >= 11 is 0. The molecule has 1 saturated heterocycles. The summed E-state index contributed by atoms with van der Waals surface area (Å²) < 4.78 is 7.05. The molecule has 0 N–H and O–H groups in total. The zero-order valence-electron chi connectivity index (χ0n) is 14.8. The van der Waals surface area contributed by atoms with Crippen LogP contribution in [0.25, 0.3) is 0 Å². The van der Waals surface area contributed by atoms with Crippen molar-refractivity contribution in [3.8, 4) is 5.75 Å². The van der Waals surface area contributed by atoms with Gasteiger partial charge in [-0.2, -0.15) is 5.10 Å². The van der Waals surface area contributed by atoms with Gasteiger partial charge in [0.15, 0.2) is 0 Å². The van der Waals surface area contributed by atoms with Crippen LogP contribution in [0.4, 0.5) is 0 Å². The Bertz CT molecular complexity index is 655. The molecule has 6 nitrogen and oxygen atoms in total. The summed E-state index contributed by atoms with van der Waals surface area (Å²) in [5, 5.41) is 4.21. The van der Waals surface area contributed by atoms with Crippen LogP contribution in [0, 0.1) is 0 Å². The van der Waals surface area contributed by atoms with E-state index in [0.29, 0.717) is 6.42 Å². The molecule has 1 aliphatic rings.